The van der Waals surface area contributed by atoms with E-state index >= 15 is 0 Å². The van der Waals surface area contributed by atoms with E-state index in [1.807, 2.05) is 20.8 Å². The first kappa shape index (κ1) is 13.9. The van der Waals surface area contributed by atoms with Crippen molar-refractivity contribution in [1.29, 1.82) is 0 Å². The molecular weight excluding hydrogens is 225 g/mol. The second-order valence-electron chi connectivity index (χ2n) is 4.59. The van der Waals surface area contributed by atoms with Gasteiger partial charge in [0.1, 0.15) is 12.4 Å². The van der Waals surface area contributed by atoms with Crippen LogP contribution in [0, 0.1) is 5.82 Å². The first-order valence-corrected chi connectivity index (χ1v) is 5.44. The number of halogens is 1. The number of hydrogen-bond acceptors (Lipinski definition) is 4. The van der Waals surface area contributed by atoms with E-state index in [2.05, 4.69) is 4.98 Å². The van der Waals surface area contributed by atoms with Crippen LogP contribution in [-0.4, -0.2) is 28.9 Å². The van der Waals surface area contributed by atoms with Crippen LogP contribution >= 0.6 is 0 Å². The zero-order chi connectivity index (χ0) is 12.9. The molecule has 0 fully saturated rings. The molecular formula is C12H18FNO3. The predicted molar refractivity (Wildman–Crippen MR) is 61.3 cm³/mol. The van der Waals surface area contributed by atoms with E-state index in [0.717, 1.165) is 6.20 Å². The summed E-state index contributed by atoms with van der Waals surface area (Å²) in [5.41, 5.74) is 0.111. The minimum absolute atomic E-state index is 0.223. The highest BCUT2D eigenvalue weighted by Gasteiger charge is 2.10. The molecule has 0 atom stereocenters. The summed E-state index contributed by atoms with van der Waals surface area (Å²) in [7, 11) is 0. The standard InChI is InChI=1S/C12H18FNO3/c1-12(2,3)17-5-4-16-11-9(8-15)6-10(13)7-14-11/h6-7,15H,4-5,8H2,1-3H3. The number of hydrogen-bond donors (Lipinski definition) is 1. The average Bonchev–Trinajstić information content (AvgIpc) is 2.24. The number of ether oxygens (including phenoxy) is 2. The van der Waals surface area contributed by atoms with E-state index < -0.39 is 5.82 Å². The van der Waals surface area contributed by atoms with Gasteiger partial charge in [-0.2, -0.15) is 0 Å². The lowest BCUT2D eigenvalue weighted by molar-refractivity contribution is -0.0170. The van der Waals surface area contributed by atoms with E-state index in [0.29, 0.717) is 18.8 Å². The molecule has 17 heavy (non-hydrogen) atoms. The highest BCUT2D eigenvalue weighted by Crippen LogP contribution is 2.16. The monoisotopic (exact) mass is 243 g/mol. The summed E-state index contributed by atoms with van der Waals surface area (Å²) < 4.78 is 23.6. The maximum absolute atomic E-state index is 12.8. The summed E-state index contributed by atoms with van der Waals surface area (Å²) >= 11 is 0. The van der Waals surface area contributed by atoms with E-state index in [9.17, 15) is 4.39 Å². The normalized spacial score (nSPS) is 11.6. The summed E-state index contributed by atoms with van der Waals surface area (Å²) in [4.78, 5) is 3.77. The van der Waals surface area contributed by atoms with Crippen LogP contribution in [0.3, 0.4) is 0 Å². The van der Waals surface area contributed by atoms with Gasteiger partial charge in [0.15, 0.2) is 0 Å². The number of aromatic nitrogens is 1. The molecule has 5 heteroatoms. The third kappa shape index (κ3) is 5.10. The molecule has 0 amide bonds. The Morgan fingerprint density at radius 1 is 1.35 bits per heavy atom. The van der Waals surface area contributed by atoms with E-state index in [1.165, 1.54) is 6.07 Å². The van der Waals surface area contributed by atoms with Gasteiger partial charge < -0.3 is 14.6 Å². The van der Waals surface area contributed by atoms with Crippen molar-refractivity contribution in [2.45, 2.75) is 33.0 Å². The fraction of sp³-hybridized carbons (Fsp3) is 0.583. The summed E-state index contributed by atoms with van der Waals surface area (Å²) in [6.45, 7) is 6.25. The fourth-order valence-electron chi connectivity index (χ4n) is 1.20. The largest absolute Gasteiger partial charge is 0.475 e. The Balaban J connectivity index is 2.46. The topological polar surface area (TPSA) is 51.6 Å². The molecule has 0 bridgehead atoms. The molecule has 1 N–H and O–H groups in total. The minimum Gasteiger partial charge on any atom is -0.475 e. The summed E-state index contributed by atoms with van der Waals surface area (Å²) in [6.07, 6.45) is 1.05. The van der Waals surface area contributed by atoms with Crippen LogP contribution < -0.4 is 4.74 Å². The molecule has 0 unspecified atom stereocenters. The van der Waals surface area contributed by atoms with Crippen molar-refractivity contribution >= 4 is 0 Å². The first-order chi connectivity index (χ1) is 7.92. The quantitative estimate of drug-likeness (QED) is 0.802. The first-order valence-electron chi connectivity index (χ1n) is 5.44. The molecule has 4 nitrogen and oxygen atoms in total. The maximum Gasteiger partial charge on any atom is 0.219 e. The Kier molecular flexibility index (Phi) is 4.84. The predicted octanol–water partition coefficient (Wildman–Crippen LogP) is 1.91. The molecule has 0 aliphatic rings. The van der Waals surface area contributed by atoms with E-state index in [1.54, 1.807) is 0 Å². The van der Waals surface area contributed by atoms with Gasteiger partial charge in [0.05, 0.1) is 25.0 Å². The van der Waals surface area contributed by atoms with Crippen molar-refractivity contribution < 1.29 is 19.0 Å². The Bertz CT molecular complexity index is 363. The zero-order valence-electron chi connectivity index (χ0n) is 10.4. The zero-order valence-corrected chi connectivity index (χ0v) is 10.4. The molecule has 1 heterocycles. The molecule has 0 radical (unpaired) electrons. The number of pyridine rings is 1. The second-order valence-corrected chi connectivity index (χ2v) is 4.59. The molecule has 0 aliphatic heterocycles. The Hall–Kier alpha value is -1.20. The van der Waals surface area contributed by atoms with Gasteiger partial charge >= 0.3 is 0 Å². The van der Waals surface area contributed by atoms with Crippen molar-refractivity contribution in [1.82, 2.24) is 4.98 Å². The van der Waals surface area contributed by atoms with Crippen LogP contribution in [0.15, 0.2) is 12.3 Å². The molecule has 0 saturated carbocycles. The van der Waals surface area contributed by atoms with Gasteiger partial charge in [0, 0.05) is 5.56 Å². The van der Waals surface area contributed by atoms with Gasteiger partial charge in [0.25, 0.3) is 0 Å². The SMILES string of the molecule is CC(C)(C)OCCOc1ncc(F)cc1CO. The van der Waals surface area contributed by atoms with Crippen LogP contribution in [-0.2, 0) is 11.3 Å². The number of aliphatic hydroxyl groups excluding tert-OH is 1. The van der Waals surface area contributed by atoms with Gasteiger partial charge in [-0.3, -0.25) is 0 Å². The highest BCUT2D eigenvalue weighted by atomic mass is 19.1. The number of rotatable bonds is 5. The van der Waals surface area contributed by atoms with Crippen molar-refractivity contribution in [2.75, 3.05) is 13.2 Å². The van der Waals surface area contributed by atoms with Gasteiger partial charge in [-0.05, 0) is 26.8 Å². The second kappa shape index (κ2) is 5.93. The molecule has 1 rings (SSSR count). The molecule has 0 spiro atoms. The van der Waals surface area contributed by atoms with Gasteiger partial charge in [-0.15, -0.1) is 0 Å². The van der Waals surface area contributed by atoms with Crippen LogP contribution in [0.25, 0.3) is 0 Å². The summed E-state index contributed by atoms with van der Waals surface area (Å²) in [5, 5.41) is 9.01. The smallest absolute Gasteiger partial charge is 0.219 e. The average molecular weight is 243 g/mol. The molecule has 0 aliphatic carbocycles. The van der Waals surface area contributed by atoms with Crippen molar-refractivity contribution in [3.63, 3.8) is 0 Å². The molecule has 0 aromatic carbocycles. The van der Waals surface area contributed by atoms with Crippen LogP contribution in [0.5, 0.6) is 5.88 Å². The van der Waals surface area contributed by atoms with Crippen LogP contribution in [0.4, 0.5) is 4.39 Å². The van der Waals surface area contributed by atoms with Gasteiger partial charge in [-0.1, -0.05) is 0 Å². The third-order valence-corrected chi connectivity index (χ3v) is 1.92. The fourth-order valence-corrected chi connectivity index (χ4v) is 1.20. The van der Waals surface area contributed by atoms with Crippen LogP contribution in [0.1, 0.15) is 26.3 Å². The molecule has 0 saturated heterocycles. The highest BCUT2D eigenvalue weighted by molar-refractivity contribution is 5.25. The summed E-state index contributed by atoms with van der Waals surface area (Å²) in [6, 6.07) is 1.20. The van der Waals surface area contributed by atoms with Crippen molar-refractivity contribution in [3.8, 4) is 5.88 Å². The maximum atomic E-state index is 12.8. The van der Waals surface area contributed by atoms with Gasteiger partial charge in [0.2, 0.25) is 5.88 Å². The lowest BCUT2D eigenvalue weighted by Crippen LogP contribution is -2.22. The molecule has 96 valence electrons. The number of nitrogens with zero attached hydrogens (tertiary/aromatic N) is 1. The van der Waals surface area contributed by atoms with E-state index in [-0.39, 0.29) is 18.1 Å². The van der Waals surface area contributed by atoms with Crippen molar-refractivity contribution in [3.05, 3.63) is 23.6 Å². The third-order valence-electron chi connectivity index (χ3n) is 1.92. The van der Waals surface area contributed by atoms with Crippen LogP contribution in [0.2, 0.25) is 0 Å². The lowest BCUT2D eigenvalue weighted by Gasteiger charge is -2.19. The van der Waals surface area contributed by atoms with Crippen molar-refractivity contribution in [2.24, 2.45) is 0 Å². The molecule has 1 aromatic rings. The van der Waals surface area contributed by atoms with Gasteiger partial charge in [-0.25, -0.2) is 9.37 Å². The number of aliphatic hydroxyl groups is 1. The Morgan fingerprint density at radius 2 is 2.06 bits per heavy atom. The summed E-state index contributed by atoms with van der Waals surface area (Å²) in [5.74, 6) is -0.251. The van der Waals surface area contributed by atoms with E-state index in [4.69, 9.17) is 14.6 Å². The molecule has 1 aromatic heterocycles. The Morgan fingerprint density at radius 3 is 2.65 bits per heavy atom. The minimum atomic E-state index is -0.493. The lowest BCUT2D eigenvalue weighted by atomic mass is 10.2. The Labute approximate surface area is 100 Å².